The second kappa shape index (κ2) is 3.22. The van der Waals surface area contributed by atoms with Crippen LogP contribution in [0.5, 0.6) is 0 Å². The van der Waals surface area contributed by atoms with E-state index in [0.717, 1.165) is 6.42 Å². The van der Waals surface area contributed by atoms with Crippen LogP contribution in [0, 0.1) is 16.7 Å². The first-order valence-electron chi connectivity index (χ1n) is 5.78. The van der Waals surface area contributed by atoms with E-state index in [1.165, 1.54) is 0 Å². The number of hydrogen-bond acceptors (Lipinski definition) is 2. The molecule has 2 unspecified atom stereocenters. The first-order chi connectivity index (χ1) is 7.26. The van der Waals surface area contributed by atoms with E-state index < -0.39 is 11.4 Å². The smallest absolute Gasteiger partial charge is 0.311 e. The summed E-state index contributed by atoms with van der Waals surface area (Å²) in [4.78, 5) is 24.9. The predicted octanol–water partition coefficient (Wildman–Crippen LogP) is 1.36. The van der Waals surface area contributed by atoms with Crippen LogP contribution in [0.2, 0.25) is 0 Å². The maximum atomic E-state index is 12.1. The highest BCUT2D eigenvalue weighted by Crippen LogP contribution is 2.53. The molecule has 1 saturated carbocycles. The first kappa shape index (κ1) is 11.4. The molecule has 0 radical (unpaired) electrons. The third-order valence-electron chi connectivity index (χ3n) is 4.11. The second-order valence-corrected chi connectivity index (χ2v) is 6.12. The zero-order valence-corrected chi connectivity index (χ0v) is 10.1. The molecule has 2 fully saturated rings. The third kappa shape index (κ3) is 1.70. The molecule has 2 aliphatic rings. The fourth-order valence-electron chi connectivity index (χ4n) is 2.43. The molecule has 4 nitrogen and oxygen atoms in total. The summed E-state index contributed by atoms with van der Waals surface area (Å²) in [7, 11) is 0. The van der Waals surface area contributed by atoms with Gasteiger partial charge < -0.3 is 10.0 Å². The van der Waals surface area contributed by atoms with Crippen molar-refractivity contribution in [2.45, 2.75) is 33.6 Å². The van der Waals surface area contributed by atoms with Crippen LogP contribution in [-0.4, -0.2) is 35.0 Å². The standard InChI is InChI=1S/C12H19NO3/c1-11(2)6-8(11)9(14)13-5-4-12(3,7-13)10(15)16/h8H,4-7H2,1-3H3,(H,15,16). The molecule has 1 amide bonds. The summed E-state index contributed by atoms with van der Waals surface area (Å²) in [5, 5.41) is 9.09. The summed E-state index contributed by atoms with van der Waals surface area (Å²) in [5.74, 6) is -0.531. The fourth-order valence-corrected chi connectivity index (χ4v) is 2.43. The van der Waals surface area contributed by atoms with E-state index in [4.69, 9.17) is 5.11 Å². The van der Waals surface area contributed by atoms with Gasteiger partial charge in [-0.1, -0.05) is 13.8 Å². The summed E-state index contributed by atoms with van der Waals surface area (Å²) in [6.45, 7) is 6.85. The van der Waals surface area contributed by atoms with Gasteiger partial charge in [0.25, 0.3) is 0 Å². The molecule has 4 heteroatoms. The lowest BCUT2D eigenvalue weighted by Gasteiger charge is -2.20. The van der Waals surface area contributed by atoms with Gasteiger partial charge in [0.2, 0.25) is 5.91 Å². The highest BCUT2D eigenvalue weighted by Gasteiger charge is 2.54. The predicted molar refractivity (Wildman–Crippen MR) is 58.8 cm³/mol. The van der Waals surface area contributed by atoms with Gasteiger partial charge in [0, 0.05) is 19.0 Å². The van der Waals surface area contributed by atoms with E-state index in [-0.39, 0.29) is 17.2 Å². The molecule has 0 aromatic carbocycles. The molecule has 0 aromatic heterocycles. The van der Waals surface area contributed by atoms with Crippen molar-refractivity contribution >= 4 is 11.9 Å². The summed E-state index contributed by atoms with van der Waals surface area (Å²) in [6, 6.07) is 0. The van der Waals surface area contributed by atoms with Gasteiger partial charge in [-0.05, 0) is 25.2 Å². The number of rotatable bonds is 2. The molecular formula is C12H19NO3. The van der Waals surface area contributed by atoms with Gasteiger partial charge in [-0.15, -0.1) is 0 Å². The largest absolute Gasteiger partial charge is 0.481 e. The van der Waals surface area contributed by atoms with E-state index in [2.05, 4.69) is 13.8 Å². The second-order valence-electron chi connectivity index (χ2n) is 6.12. The van der Waals surface area contributed by atoms with Crippen molar-refractivity contribution in [1.29, 1.82) is 0 Å². The number of nitrogens with zero attached hydrogens (tertiary/aromatic N) is 1. The minimum atomic E-state index is -0.794. The molecule has 0 spiro atoms. The Kier molecular flexibility index (Phi) is 2.30. The fraction of sp³-hybridized carbons (Fsp3) is 0.833. The Labute approximate surface area is 95.6 Å². The molecule has 1 aliphatic heterocycles. The molecule has 1 heterocycles. The molecule has 1 N–H and O–H groups in total. The SMILES string of the molecule is CC1(C(=O)O)CCN(C(=O)C2CC2(C)C)C1. The van der Waals surface area contributed by atoms with Crippen LogP contribution < -0.4 is 0 Å². The van der Waals surface area contributed by atoms with Crippen molar-refractivity contribution in [2.75, 3.05) is 13.1 Å². The number of carboxylic acid groups (broad SMARTS) is 1. The van der Waals surface area contributed by atoms with E-state index in [1.807, 2.05) is 0 Å². The number of amides is 1. The van der Waals surface area contributed by atoms with E-state index >= 15 is 0 Å². The Hall–Kier alpha value is -1.06. The molecule has 90 valence electrons. The Morgan fingerprint density at radius 2 is 1.88 bits per heavy atom. The molecule has 1 saturated heterocycles. The zero-order valence-electron chi connectivity index (χ0n) is 10.1. The lowest BCUT2D eigenvalue weighted by atomic mass is 9.90. The first-order valence-corrected chi connectivity index (χ1v) is 5.78. The van der Waals surface area contributed by atoms with E-state index in [1.54, 1.807) is 11.8 Å². The Morgan fingerprint density at radius 3 is 2.25 bits per heavy atom. The molecule has 0 aromatic rings. The topological polar surface area (TPSA) is 57.6 Å². The van der Waals surface area contributed by atoms with Gasteiger partial charge in [0.1, 0.15) is 0 Å². The van der Waals surface area contributed by atoms with Crippen molar-refractivity contribution < 1.29 is 14.7 Å². The lowest BCUT2D eigenvalue weighted by molar-refractivity contribution is -0.147. The molecule has 0 bridgehead atoms. The maximum absolute atomic E-state index is 12.1. The summed E-state index contributed by atoms with van der Waals surface area (Å²) in [6.07, 6.45) is 1.51. The summed E-state index contributed by atoms with van der Waals surface area (Å²) >= 11 is 0. The number of carbonyl (C=O) groups excluding carboxylic acids is 1. The van der Waals surface area contributed by atoms with Crippen LogP contribution >= 0.6 is 0 Å². The van der Waals surface area contributed by atoms with Crippen molar-refractivity contribution in [2.24, 2.45) is 16.7 Å². The minimum Gasteiger partial charge on any atom is -0.481 e. The van der Waals surface area contributed by atoms with E-state index in [0.29, 0.717) is 19.5 Å². The average Bonchev–Trinajstić information content (AvgIpc) is 2.62. The Balaban J connectivity index is 2.00. The van der Waals surface area contributed by atoms with Crippen LogP contribution in [0.1, 0.15) is 33.6 Å². The van der Waals surface area contributed by atoms with Crippen molar-refractivity contribution in [1.82, 2.24) is 4.90 Å². The number of carbonyl (C=O) groups is 2. The Bertz CT molecular complexity index is 350. The van der Waals surface area contributed by atoms with Crippen LogP contribution in [0.15, 0.2) is 0 Å². The molecule has 2 rings (SSSR count). The van der Waals surface area contributed by atoms with Crippen LogP contribution in [0.4, 0.5) is 0 Å². The lowest BCUT2D eigenvalue weighted by Crippen LogP contribution is -2.36. The molecular weight excluding hydrogens is 206 g/mol. The Morgan fingerprint density at radius 1 is 1.31 bits per heavy atom. The highest BCUT2D eigenvalue weighted by atomic mass is 16.4. The van der Waals surface area contributed by atoms with E-state index in [9.17, 15) is 9.59 Å². The normalized spacial score (nSPS) is 36.2. The van der Waals surface area contributed by atoms with Crippen LogP contribution in [0.25, 0.3) is 0 Å². The van der Waals surface area contributed by atoms with Crippen LogP contribution in [-0.2, 0) is 9.59 Å². The number of hydrogen-bond donors (Lipinski definition) is 1. The van der Waals surface area contributed by atoms with Crippen molar-refractivity contribution in [3.63, 3.8) is 0 Å². The van der Waals surface area contributed by atoms with Gasteiger partial charge in [-0.25, -0.2) is 0 Å². The molecule has 2 atom stereocenters. The summed E-state index contributed by atoms with van der Waals surface area (Å²) in [5.41, 5.74) is -0.617. The van der Waals surface area contributed by atoms with Crippen molar-refractivity contribution in [3.8, 4) is 0 Å². The minimum absolute atomic E-state index is 0.114. The van der Waals surface area contributed by atoms with Gasteiger partial charge in [-0.2, -0.15) is 0 Å². The number of aliphatic carboxylic acids is 1. The quantitative estimate of drug-likeness (QED) is 0.772. The van der Waals surface area contributed by atoms with Gasteiger partial charge >= 0.3 is 5.97 Å². The van der Waals surface area contributed by atoms with Gasteiger partial charge in [-0.3, -0.25) is 9.59 Å². The third-order valence-corrected chi connectivity index (χ3v) is 4.11. The molecule has 1 aliphatic carbocycles. The van der Waals surface area contributed by atoms with Crippen LogP contribution in [0.3, 0.4) is 0 Å². The monoisotopic (exact) mass is 225 g/mol. The number of likely N-dealkylation sites (tertiary alicyclic amines) is 1. The van der Waals surface area contributed by atoms with Gasteiger partial charge in [0.05, 0.1) is 5.41 Å². The molecule has 16 heavy (non-hydrogen) atoms. The maximum Gasteiger partial charge on any atom is 0.311 e. The van der Waals surface area contributed by atoms with Crippen molar-refractivity contribution in [3.05, 3.63) is 0 Å². The van der Waals surface area contributed by atoms with Gasteiger partial charge in [0.15, 0.2) is 0 Å². The number of carboxylic acids is 1. The average molecular weight is 225 g/mol. The zero-order chi connectivity index (χ0) is 12.1. The highest BCUT2D eigenvalue weighted by molar-refractivity contribution is 5.84. The summed E-state index contributed by atoms with van der Waals surface area (Å²) < 4.78 is 0.